The summed E-state index contributed by atoms with van der Waals surface area (Å²) >= 11 is 1.73. The van der Waals surface area contributed by atoms with Gasteiger partial charge in [0.2, 0.25) is 0 Å². The second-order valence-corrected chi connectivity index (χ2v) is 4.97. The third-order valence-electron chi connectivity index (χ3n) is 2.80. The maximum Gasteiger partial charge on any atom is 0.0478 e. The standard InChI is InChI=1S/C13H17N3S/c1-10-6-12(8-15-7-10)13(16-14)3-2-11-4-5-17-9-11/h4-9,13,16H,2-3,14H2,1H3. The first-order chi connectivity index (χ1) is 8.29. The van der Waals surface area contributed by atoms with Gasteiger partial charge in [0.05, 0.1) is 0 Å². The van der Waals surface area contributed by atoms with Crippen LogP contribution in [0, 0.1) is 6.92 Å². The molecule has 1 atom stereocenters. The Hall–Kier alpha value is -1.23. The van der Waals surface area contributed by atoms with Gasteiger partial charge in [0, 0.05) is 18.4 Å². The van der Waals surface area contributed by atoms with Crippen LogP contribution in [0.15, 0.2) is 35.3 Å². The molecule has 2 aromatic rings. The van der Waals surface area contributed by atoms with Gasteiger partial charge in [-0.1, -0.05) is 6.07 Å². The Bertz CT molecular complexity index is 453. The predicted molar refractivity (Wildman–Crippen MR) is 71.7 cm³/mol. The number of rotatable bonds is 5. The number of nitrogens with zero attached hydrogens (tertiary/aromatic N) is 1. The summed E-state index contributed by atoms with van der Waals surface area (Å²) in [5.74, 6) is 5.62. The number of nitrogens with one attached hydrogen (secondary N) is 1. The van der Waals surface area contributed by atoms with Crippen molar-refractivity contribution >= 4 is 11.3 Å². The molecule has 0 aromatic carbocycles. The molecule has 3 N–H and O–H groups in total. The van der Waals surface area contributed by atoms with E-state index in [2.05, 4.69) is 33.3 Å². The summed E-state index contributed by atoms with van der Waals surface area (Å²) in [5.41, 5.74) is 6.56. The summed E-state index contributed by atoms with van der Waals surface area (Å²) in [5, 5.41) is 4.29. The number of aromatic nitrogens is 1. The lowest BCUT2D eigenvalue weighted by molar-refractivity contribution is 0.515. The third-order valence-corrected chi connectivity index (χ3v) is 3.53. The molecule has 0 spiro atoms. The molecule has 2 aromatic heterocycles. The maximum atomic E-state index is 5.62. The highest BCUT2D eigenvalue weighted by atomic mass is 32.1. The zero-order valence-corrected chi connectivity index (χ0v) is 10.7. The van der Waals surface area contributed by atoms with Gasteiger partial charge in [-0.25, -0.2) is 0 Å². The number of thiophene rings is 1. The van der Waals surface area contributed by atoms with Crippen LogP contribution >= 0.6 is 11.3 Å². The lowest BCUT2D eigenvalue weighted by atomic mass is 10.0. The van der Waals surface area contributed by atoms with Gasteiger partial charge in [0.1, 0.15) is 0 Å². The molecule has 0 aliphatic heterocycles. The van der Waals surface area contributed by atoms with Crippen molar-refractivity contribution in [1.82, 2.24) is 10.4 Å². The molecule has 2 rings (SSSR count). The van der Waals surface area contributed by atoms with Crippen molar-refractivity contribution in [1.29, 1.82) is 0 Å². The van der Waals surface area contributed by atoms with Crippen LogP contribution in [0.3, 0.4) is 0 Å². The lowest BCUT2D eigenvalue weighted by Crippen LogP contribution is -2.28. The van der Waals surface area contributed by atoms with Crippen LogP contribution in [0.5, 0.6) is 0 Å². The maximum absolute atomic E-state index is 5.62. The molecule has 90 valence electrons. The minimum atomic E-state index is 0.169. The van der Waals surface area contributed by atoms with Gasteiger partial charge in [-0.2, -0.15) is 11.3 Å². The number of nitrogens with two attached hydrogens (primary N) is 1. The van der Waals surface area contributed by atoms with Crippen molar-refractivity contribution in [3.8, 4) is 0 Å². The van der Waals surface area contributed by atoms with E-state index in [0.29, 0.717) is 0 Å². The molecule has 17 heavy (non-hydrogen) atoms. The van der Waals surface area contributed by atoms with Crippen LogP contribution in [-0.4, -0.2) is 4.98 Å². The number of hydrazine groups is 1. The first-order valence-electron chi connectivity index (χ1n) is 5.68. The molecule has 0 aliphatic rings. The molecule has 0 saturated carbocycles. The van der Waals surface area contributed by atoms with Crippen LogP contribution in [0.2, 0.25) is 0 Å². The fraction of sp³-hybridized carbons (Fsp3) is 0.308. The van der Waals surface area contributed by atoms with E-state index in [-0.39, 0.29) is 6.04 Å². The van der Waals surface area contributed by atoms with E-state index >= 15 is 0 Å². The Morgan fingerprint density at radius 2 is 2.35 bits per heavy atom. The summed E-state index contributed by atoms with van der Waals surface area (Å²) in [6, 6.07) is 4.46. The van der Waals surface area contributed by atoms with Crippen molar-refractivity contribution in [3.63, 3.8) is 0 Å². The summed E-state index contributed by atoms with van der Waals surface area (Å²) in [6.07, 6.45) is 5.76. The predicted octanol–water partition coefficient (Wildman–Crippen LogP) is 2.59. The number of hydrogen-bond acceptors (Lipinski definition) is 4. The van der Waals surface area contributed by atoms with E-state index in [9.17, 15) is 0 Å². The van der Waals surface area contributed by atoms with Crippen LogP contribution in [0.4, 0.5) is 0 Å². The van der Waals surface area contributed by atoms with Crippen molar-refractivity contribution in [2.45, 2.75) is 25.8 Å². The first kappa shape index (κ1) is 12.2. The van der Waals surface area contributed by atoms with Crippen LogP contribution in [0.25, 0.3) is 0 Å². The van der Waals surface area contributed by atoms with Gasteiger partial charge in [0.15, 0.2) is 0 Å². The zero-order chi connectivity index (χ0) is 12.1. The van der Waals surface area contributed by atoms with E-state index in [1.807, 2.05) is 19.3 Å². The molecule has 1 unspecified atom stereocenters. The van der Waals surface area contributed by atoms with Crippen molar-refractivity contribution in [3.05, 3.63) is 52.0 Å². The van der Waals surface area contributed by atoms with Gasteiger partial charge in [0.25, 0.3) is 0 Å². The molecule has 0 amide bonds. The molecule has 0 fully saturated rings. The SMILES string of the molecule is Cc1cncc(C(CCc2ccsc2)NN)c1. The van der Waals surface area contributed by atoms with Gasteiger partial charge < -0.3 is 0 Å². The lowest BCUT2D eigenvalue weighted by Gasteiger charge is -2.15. The monoisotopic (exact) mass is 247 g/mol. The molecule has 0 aliphatic carbocycles. The average Bonchev–Trinajstić information content (AvgIpc) is 2.83. The molecule has 2 heterocycles. The Balaban J connectivity index is 2.01. The second-order valence-electron chi connectivity index (χ2n) is 4.19. The minimum Gasteiger partial charge on any atom is -0.271 e. The molecule has 0 saturated heterocycles. The number of aryl methyl sites for hydroxylation is 2. The summed E-state index contributed by atoms with van der Waals surface area (Å²) in [6.45, 7) is 2.04. The van der Waals surface area contributed by atoms with Gasteiger partial charge in [-0.15, -0.1) is 0 Å². The van der Waals surface area contributed by atoms with Crippen molar-refractivity contribution < 1.29 is 0 Å². The Morgan fingerprint density at radius 1 is 1.47 bits per heavy atom. The van der Waals surface area contributed by atoms with E-state index in [1.54, 1.807) is 11.3 Å². The van der Waals surface area contributed by atoms with Crippen LogP contribution < -0.4 is 11.3 Å². The number of pyridine rings is 1. The molecule has 0 bridgehead atoms. The summed E-state index contributed by atoms with van der Waals surface area (Å²) in [4.78, 5) is 4.20. The van der Waals surface area contributed by atoms with Crippen molar-refractivity contribution in [2.24, 2.45) is 5.84 Å². The molecular formula is C13H17N3S. The van der Waals surface area contributed by atoms with Crippen LogP contribution in [-0.2, 0) is 6.42 Å². The van der Waals surface area contributed by atoms with Gasteiger partial charge >= 0.3 is 0 Å². The fourth-order valence-corrected chi connectivity index (χ4v) is 2.56. The quantitative estimate of drug-likeness (QED) is 0.630. The van der Waals surface area contributed by atoms with Gasteiger partial charge in [-0.3, -0.25) is 16.3 Å². The number of hydrogen-bond donors (Lipinski definition) is 2. The van der Waals surface area contributed by atoms with E-state index in [4.69, 9.17) is 5.84 Å². The Labute approximate surface area is 106 Å². The van der Waals surface area contributed by atoms with Crippen LogP contribution in [0.1, 0.15) is 29.2 Å². The van der Waals surface area contributed by atoms with E-state index in [0.717, 1.165) is 18.4 Å². The van der Waals surface area contributed by atoms with Gasteiger partial charge in [-0.05, 0) is 53.3 Å². The highest BCUT2D eigenvalue weighted by Gasteiger charge is 2.10. The minimum absolute atomic E-state index is 0.169. The van der Waals surface area contributed by atoms with Crippen molar-refractivity contribution in [2.75, 3.05) is 0 Å². The largest absolute Gasteiger partial charge is 0.271 e. The van der Waals surface area contributed by atoms with E-state index in [1.165, 1.54) is 11.1 Å². The fourth-order valence-electron chi connectivity index (χ4n) is 1.86. The molecule has 0 radical (unpaired) electrons. The third kappa shape index (κ3) is 3.36. The topological polar surface area (TPSA) is 50.9 Å². The zero-order valence-electron chi connectivity index (χ0n) is 9.89. The molecular weight excluding hydrogens is 230 g/mol. The average molecular weight is 247 g/mol. The summed E-state index contributed by atoms with van der Waals surface area (Å²) in [7, 11) is 0. The van der Waals surface area contributed by atoms with E-state index < -0.39 is 0 Å². The normalized spacial score (nSPS) is 12.6. The highest BCUT2D eigenvalue weighted by molar-refractivity contribution is 7.07. The second kappa shape index (κ2) is 5.91. The Kier molecular flexibility index (Phi) is 4.25. The molecule has 3 nitrogen and oxygen atoms in total. The summed E-state index contributed by atoms with van der Waals surface area (Å²) < 4.78 is 0. The highest BCUT2D eigenvalue weighted by Crippen LogP contribution is 2.19. The molecule has 4 heteroatoms. The smallest absolute Gasteiger partial charge is 0.0478 e. The first-order valence-corrected chi connectivity index (χ1v) is 6.62. The Morgan fingerprint density at radius 3 is 3.00 bits per heavy atom.